The van der Waals surface area contributed by atoms with Gasteiger partial charge in [-0.2, -0.15) is 0 Å². The van der Waals surface area contributed by atoms with E-state index in [1.54, 1.807) is 25.1 Å². The molecule has 0 bridgehead atoms. The highest BCUT2D eigenvalue weighted by Gasteiger charge is 2.45. The third-order valence-electron chi connectivity index (χ3n) is 6.05. The molecule has 1 aliphatic rings. The molecule has 190 valence electrons. The molecule has 2 aromatic carbocycles. The molecule has 0 fully saturated rings. The van der Waals surface area contributed by atoms with E-state index < -0.39 is 50.1 Å². The first kappa shape index (κ1) is 25.1. The van der Waals surface area contributed by atoms with Crippen molar-refractivity contribution in [2.45, 2.75) is 30.7 Å². The average molecular weight is 547 g/mol. The number of nitrogens with zero attached hydrogens (tertiary/aromatic N) is 4. The molecule has 0 aliphatic carbocycles. The predicted molar refractivity (Wildman–Crippen MR) is 131 cm³/mol. The molecule has 5 rings (SSSR count). The zero-order chi connectivity index (χ0) is 26.5. The van der Waals surface area contributed by atoms with E-state index in [1.165, 1.54) is 30.6 Å². The SMILES string of the molecule is Cc1cnc(C(=O)N(Cc2ccc3cc(F)c(Cl)nc3c2)c2cccc3c2S(=O)(=O)CCC3(F)F)cn1. The molecule has 7 nitrogen and oxygen atoms in total. The Hall–Kier alpha value is -3.57. The van der Waals surface area contributed by atoms with Gasteiger partial charge in [0.25, 0.3) is 11.8 Å². The molecule has 4 aromatic rings. The third kappa shape index (κ3) is 4.64. The zero-order valence-electron chi connectivity index (χ0n) is 19.3. The van der Waals surface area contributed by atoms with Crippen LogP contribution in [0.15, 0.2) is 59.8 Å². The van der Waals surface area contributed by atoms with Crippen molar-refractivity contribution in [1.29, 1.82) is 0 Å². The van der Waals surface area contributed by atoms with Crippen molar-refractivity contribution < 1.29 is 26.4 Å². The summed E-state index contributed by atoms with van der Waals surface area (Å²) >= 11 is 5.82. The van der Waals surface area contributed by atoms with Gasteiger partial charge in [-0.1, -0.05) is 35.9 Å². The fourth-order valence-electron chi connectivity index (χ4n) is 4.20. The summed E-state index contributed by atoms with van der Waals surface area (Å²) in [6.07, 6.45) is 1.75. The van der Waals surface area contributed by atoms with E-state index in [1.807, 2.05) is 0 Å². The minimum atomic E-state index is -4.13. The van der Waals surface area contributed by atoms with E-state index >= 15 is 0 Å². The van der Waals surface area contributed by atoms with Crippen LogP contribution >= 0.6 is 11.6 Å². The Morgan fingerprint density at radius 3 is 2.65 bits per heavy atom. The van der Waals surface area contributed by atoms with E-state index in [0.717, 1.165) is 11.0 Å². The van der Waals surface area contributed by atoms with E-state index in [0.29, 0.717) is 22.2 Å². The van der Waals surface area contributed by atoms with Gasteiger partial charge in [0.2, 0.25) is 0 Å². The van der Waals surface area contributed by atoms with Crippen molar-refractivity contribution in [3.63, 3.8) is 0 Å². The second-order valence-electron chi connectivity index (χ2n) is 8.65. The summed E-state index contributed by atoms with van der Waals surface area (Å²) in [5, 5.41) is 0.116. The average Bonchev–Trinajstić information content (AvgIpc) is 2.86. The Kier molecular flexibility index (Phi) is 6.15. The number of sulfone groups is 1. The van der Waals surface area contributed by atoms with Gasteiger partial charge in [-0.15, -0.1) is 0 Å². The quantitative estimate of drug-likeness (QED) is 0.325. The second kappa shape index (κ2) is 9.07. The molecule has 3 heterocycles. The standard InChI is InChI=1S/C25H18ClF3N4O3S/c1-14-11-31-20(12-30-14)24(34)33(13-15-5-6-16-10-18(27)23(26)32-19(16)9-15)21-4-2-3-17-22(21)37(35,36)8-7-25(17,28)29/h2-6,9-12H,7-8,13H2,1H3. The molecule has 1 amide bonds. The normalized spacial score (nSPS) is 15.8. The largest absolute Gasteiger partial charge is 0.301 e. The van der Waals surface area contributed by atoms with Crippen LogP contribution in [0.5, 0.6) is 0 Å². The molecule has 2 aromatic heterocycles. The monoisotopic (exact) mass is 546 g/mol. The Bertz CT molecular complexity index is 1660. The van der Waals surface area contributed by atoms with Crippen LogP contribution in [0.3, 0.4) is 0 Å². The van der Waals surface area contributed by atoms with E-state index in [2.05, 4.69) is 15.0 Å². The summed E-state index contributed by atoms with van der Waals surface area (Å²) in [6.45, 7) is 1.45. The van der Waals surface area contributed by atoms with Crippen molar-refractivity contribution in [1.82, 2.24) is 15.0 Å². The minimum absolute atomic E-state index is 0.104. The van der Waals surface area contributed by atoms with Gasteiger partial charge in [0.05, 0.1) is 40.3 Å². The number of halogens is 4. The highest BCUT2D eigenvalue weighted by Crippen LogP contribution is 2.45. The first-order valence-corrected chi connectivity index (χ1v) is 13.1. The van der Waals surface area contributed by atoms with Crippen LogP contribution in [0, 0.1) is 12.7 Å². The molecule has 0 saturated carbocycles. The molecule has 0 saturated heterocycles. The van der Waals surface area contributed by atoms with Gasteiger partial charge in [-0.05, 0) is 30.7 Å². The number of hydrogen-bond acceptors (Lipinski definition) is 6. The number of carbonyl (C=O) groups excluding carboxylic acids is 1. The second-order valence-corrected chi connectivity index (χ2v) is 11.1. The molecule has 1 aliphatic heterocycles. The first-order valence-electron chi connectivity index (χ1n) is 11.1. The number of anilines is 1. The summed E-state index contributed by atoms with van der Waals surface area (Å²) in [6, 6.07) is 9.58. The molecule has 0 N–H and O–H groups in total. The highest BCUT2D eigenvalue weighted by molar-refractivity contribution is 7.91. The Morgan fingerprint density at radius 1 is 1.14 bits per heavy atom. The molecular weight excluding hydrogens is 529 g/mol. The first-order chi connectivity index (χ1) is 17.5. The van der Waals surface area contributed by atoms with E-state index in [4.69, 9.17) is 11.6 Å². The van der Waals surface area contributed by atoms with Gasteiger partial charge in [0, 0.05) is 23.6 Å². The molecule has 0 radical (unpaired) electrons. The molecule has 37 heavy (non-hydrogen) atoms. The highest BCUT2D eigenvalue weighted by atomic mass is 35.5. The lowest BCUT2D eigenvalue weighted by Crippen LogP contribution is -2.35. The summed E-state index contributed by atoms with van der Waals surface area (Å²) in [5.41, 5.74) is 0.384. The molecule has 12 heteroatoms. The maximum absolute atomic E-state index is 14.8. The maximum atomic E-state index is 14.8. The lowest BCUT2D eigenvalue weighted by molar-refractivity contribution is -0.0126. The number of alkyl halides is 2. The maximum Gasteiger partial charge on any atom is 0.278 e. The topological polar surface area (TPSA) is 93.1 Å². The number of fused-ring (bicyclic) bond motifs is 2. The van der Waals surface area contributed by atoms with Gasteiger partial charge >= 0.3 is 0 Å². The predicted octanol–water partition coefficient (Wildman–Crippen LogP) is 5.24. The summed E-state index contributed by atoms with van der Waals surface area (Å²) in [4.78, 5) is 26.3. The smallest absolute Gasteiger partial charge is 0.278 e. The van der Waals surface area contributed by atoms with Crippen LogP contribution in [-0.2, 0) is 22.3 Å². The fourth-order valence-corrected chi connectivity index (χ4v) is 6.13. The molecule has 0 unspecified atom stereocenters. The van der Waals surface area contributed by atoms with Crippen molar-refractivity contribution in [2.75, 3.05) is 10.7 Å². The van der Waals surface area contributed by atoms with Gasteiger partial charge in [-0.25, -0.2) is 31.6 Å². The van der Waals surface area contributed by atoms with Gasteiger partial charge in [-0.3, -0.25) is 9.78 Å². The van der Waals surface area contributed by atoms with E-state index in [9.17, 15) is 26.4 Å². The Balaban J connectivity index is 1.68. The van der Waals surface area contributed by atoms with E-state index in [-0.39, 0.29) is 23.1 Å². The van der Waals surface area contributed by atoms with Crippen LogP contribution in [-0.4, -0.2) is 35.0 Å². The Morgan fingerprint density at radius 2 is 1.92 bits per heavy atom. The number of benzene rings is 2. The van der Waals surface area contributed by atoms with Crippen molar-refractivity contribution in [2.24, 2.45) is 0 Å². The zero-order valence-corrected chi connectivity index (χ0v) is 20.8. The number of aromatic nitrogens is 3. The van der Waals surface area contributed by atoms with Crippen molar-refractivity contribution in [3.8, 4) is 0 Å². The van der Waals surface area contributed by atoms with Crippen molar-refractivity contribution in [3.05, 3.63) is 88.3 Å². The lowest BCUT2D eigenvalue weighted by atomic mass is 10.0. The van der Waals surface area contributed by atoms with Gasteiger partial charge < -0.3 is 4.90 Å². The van der Waals surface area contributed by atoms with Crippen LogP contribution in [0.1, 0.15) is 33.7 Å². The van der Waals surface area contributed by atoms with Crippen LogP contribution in [0.25, 0.3) is 10.9 Å². The minimum Gasteiger partial charge on any atom is -0.301 e. The number of carbonyl (C=O) groups is 1. The summed E-state index contributed by atoms with van der Waals surface area (Å²) in [5.74, 6) is -5.59. The van der Waals surface area contributed by atoms with Crippen molar-refractivity contribution >= 4 is 43.9 Å². The lowest BCUT2D eigenvalue weighted by Gasteiger charge is -2.31. The number of aryl methyl sites for hydroxylation is 1. The number of amides is 1. The van der Waals surface area contributed by atoms with Gasteiger partial charge in [0.1, 0.15) is 5.69 Å². The third-order valence-corrected chi connectivity index (χ3v) is 8.11. The number of hydrogen-bond donors (Lipinski definition) is 0. The van der Waals surface area contributed by atoms with Crippen LogP contribution in [0.4, 0.5) is 18.9 Å². The number of rotatable bonds is 4. The van der Waals surface area contributed by atoms with Gasteiger partial charge in [0.15, 0.2) is 20.8 Å². The summed E-state index contributed by atoms with van der Waals surface area (Å²) < 4.78 is 69.4. The fraction of sp³-hybridized carbons (Fsp3) is 0.200. The number of pyridine rings is 1. The molecular formula is C25H18ClF3N4O3S. The van der Waals surface area contributed by atoms with Crippen LogP contribution < -0.4 is 4.90 Å². The summed E-state index contributed by atoms with van der Waals surface area (Å²) in [7, 11) is -4.13. The Labute approximate surface area is 214 Å². The molecule has 0 spiro atoms. The van der Waals surface area contributed by atoms with Crippen LogP contribution in [0.2, 0.25) is 5.15 Å². The molecule has 0 atom stereocenters.